The van der Waals surface area contributed by atoms with Crippen LogP contribution in [0.1, 0.15) is 47.4 Å². The Labute approximate surface area is 167 Å². The summed E-state index contributed by atoms with van der Waals surface area (Å²) in [5, 5.41) is 0. The van der Waals surface area contributed by atoms with Crippen molar-refractivity contribution >= 4 is 5.57 Å². The van der Waals surface area contributed by atoms with Gasteiger partial charge in [0.05, 0.1) is 0 Å². The highest BCUT2D eigenvalue weighted by molar-refractivity contribution is 5.69. The molecule has 146 valence electrons. The van der Waals surface area contributed by atoms with Crippen molar-refractivity contribution in [1.29, 1.82) is 0 Å². The molecule has 2 aromatic rings. The molecule has 0 saturated carbocycles. The summed E-state index contributed by atoms with van der Waals surface area (Å²) >= 11 is 0. The minimum Gasteiger partial charge on any atom is -0.478 e. The summed E-state index contributed by atoms with van der Waals surface area (Å²) in [6.45, 7) is 3.28. The van der Waals surface area contributed by atoms with E-state index in [1.807, 2.05) is 0 Å². The second-order valence-corrected chi connectivity index (χ2v) is 8.47. The normalized spacial score (nSPS) is 22.5. The van der Waals surface area contributed by atoms with Crippen LogP contribution in [-0.4, -0.2) is 37.4 Å². The van der Waals surface area contributed by atoms with Crippen molar-refractivity contribution in [3.05, 3.63) is 64.7 Å². The van der Waals surface area contributed by atoms with E-state index in [4.69, 9.17) is 9.47 Å². The van der Waals surface area contributed by atoms with Gasteiger partial charge in [-0.3, -0.25) is 9.80 Å². The highest BCUT2D eigenvalue weighted by Gasteiger charge is 2.22. The molecule has 0 bridgehead atoms. The van der Waals surface area contributed by atoms with Gasteiger partial charge in [-0.15, -0.1) is 0 Å². The third kappa shape index (κ3) is 3.43. The largest absolute Gasteiger partial charge is 0.478 e. The number of rotatable bonds is 2. The first-order valence-corrected chi connectivity index (χ1v) is 10.2. The summed E-state index contributed by atoms with van der Waals surface area (Å²) in [6.07, 6.45) is 5.89. The zero-order valence-corrected chi connectivity index (χ0v) is 16.8. The van der Waals surface area contributed by atoms with Gasteiger partial charge < -0.3 is 9.47 Å². The van der Waals surface area contributed by atoms with E-state index in [1.165, 1.54) is 34.2 Å². The fourth-order valence-corrected chi connectivity index (χ4v) is 4.62. The average molecular weight is 377 g/mol. The molecule has 0 N–H and O–H groups in total. The van der Waals surface area contributed by atoms with Crippen LogP contribution in [-0.2, 0) is 13.1 Å². The summed E-state index contributed by atoms with van der Waals surface area (Å²) in [7, 11) is 4.21. The second kappa shape index (κ2) is 7.26. The Morgan fingerprint density at radius 2 is 1.54 bits per heavy atom. The van der Waals surface area contributed by atoms with Crippen LogP contribution < -0.4 is 9.47 Å². The molecule has 1 aliphatic carbocycles. The van der Waals surface area contributed by atoms with Gasteiger partial charge in [0.15, 0.2) is 0 Å². The van der Waals surface area contributed by atoms with E-state index in [9.17, 15) is 0 Å². The Balaban J connectivity index is 1.38. The average Bonchev–Trinajstić information content (AvgIpc) is 2.72. The van der Waals surface area contributed by atoms with Crippen LogP contribution in [0.5, 0.6) is 11.5 Å². The fraction of sp³-hybridized carbons (Fsp3) is 0.417. The number of ether oxygens (including phenoxy) is 2. The van der Waals surface area contributed by atoms with Gasteiger partial charge in [-0.1, -0.05) is 24.3 Å². The van der Waals surface area contributed by atoms with Gasteiger partial charge in [0.25, 0.3) is 0 Å². The molecule has 2 aliphatic heterocycles. The lowest BCUT2D eigenvalue weighted by atomic mass is 9.81. The molecule has 0 aromatic heterocycles. The van der Waals surface area contributed by atoms with Crippen molar-refractivity contribution < 1.29 is 9.47 Å². The summed E-state index contributed by atoms with van der Waals surface area (Å²) in [4.78, 5) is 4.42. The third-order valence-electron chi connectivity index (χ3n) is 6.12. The zero-order chi connectivity index (χ0) is 19.1. The molecule has 1 atom stereocenters. The van der Waals surface area contributed by atoms with Crippen LogP contribution in [0, 0.1) is 0 Å². The molecule has 0 radical (unpaired) electrons. The lowest BCUT2D eigenvalue weighted by Crippen LogP contribution is -2.28. The predicted octanol–water partition coefficient (Wildman–Crippen LogP) is 4.60. The molecule has 0 amide bonds. The smallest absolute Gasteiger partial charge is 0.142 e. The molecule has 0 spiro atoms. The minimum atomic E-state index is 0.576. The molecule has 4 heteroatoms. The Bertz CT molecular complexity index is 921. The van der Waals surface area contributed by atoms with Gasteiger partial charge in [-0.05, 0) is 74.2 Å². The zero-order valence-electron chi connectivity index (χ0n) is 16.8. The van der Waals surface area contributed by atoms with Crippen molar-refractivity contribution in [3.8, 4) is 11.5 Å². The number of hydrogen-bond donors (Lipinski definition) is 0. The van der Waals surface area contributed by atoms with Crippen LogP contribution in [0.4, 0.5) is 0 Å². The van der Waals surface area contributed by atoms with Crippen LogP contribution in [0.2, 0.25) is 0 Å². The number of allylic oxidation sites excluding steroid dienone is 2. The van der Waals surface area contributed by atoms with E-state index in [1.54, 1.807) is 0 Å². The predicted molar refractivity (Wildman–Crippen MR) is 111 cm³/mol. The first-order valence-electron chi connectivity index (χ1n) is 10.2. The quantitative estimate of drug-likeness (QED) is 0.765. The maximum atomic E-state index is 5.83. The molecule has 0 fully saturated rings. The van der Waals surface area contributed by atoms with E-state index in [-0.39, 0.29) is 0 Å². The fourth-order valence-electron chi connectivity index (χ4n) is 4.62. The SMILES string of the molecule is CN1COc2ccc(C3=CCCC(c4ccc5c(c4)CN(C)CO5)C3)cc2C1. The van der Waals surface area contributed by atoms with E-state index >= 15 is 0 Å². The third-order valence-corrected chi connectivity index (χ3v) is 6.12. The number of benzene rings is 2. The van der Waals surface area contributed by atoms with E-state index in [0.717, 1.165) is 37.4 Å². The van der Waals surface area contributed by atoms with E-state index in [0.29, 0.717) is 19.4 Å². The Kier molecular flexibility index (Phi) is 4.61. The molecule has 28 heavy (non-hydrogen) atoms. The van der Waals surface area contributed by atoms with Crippen LogP contribution >= 0.6 is 0 Å². The summed E-state index contributed by atoms with van der Waals surface area (Å²) in [5.74, 6) is 2.66. The highest BCUT2D eigenvalue weighted by atomic mass is 16.5. The van der Waals surface area contributed by atoms with Crippen molar-refractivity contribution in [2.24, 2.45) is 0 Å². The van der Waals surface area contributed by atoms with Gasteiger partial charge in [0, 0.05) is 24.2 Å². The summed E-state index contributed by atoms with van der Waals surface area (Å²) < 4.78 is 11.6. The molecule has 0 saturated heterocycles. The van der Waals surface area contributed by atoms with Crippen molar-refractivity contribution in [2.75, 3.05) is 27.6 Å². The van der Waals surface area contributed by atoms with Crippen LogP contribution in [0.15, 0.2) is 42.5 Å². The first-order chi connectivity index (χ1) is 13.7. The Morgan fingerprint density at radius 1 is 0.857 bits per heavy atom. The van der Waals surface area contributed by atoms with E-state index < -0.39 is 0 Å². The summed E-state index contributed by atoms with van der Waals surface area (Å²) in [6, 6.07) is 13.5. The standard InChI is InChI=1S/C24H28N2O2/c1-25-13-21-11-19(6-8-23(21)27-15-25)17-4-3-5-18(10-17)20-7-9-24-22(12-20)14-26(2)16-28-24/h4,6-9,11-12,18H,3,5,10,13-16H2,1-2H3. The molecular formula is C24H28N2O2. The van der Waals surface area contributed by atoms with Gasteiger partial charge >= 0.3 is 0 Å². The monoisotopic (exact) mass is 376 g/mol. The Hall–Kier alpha value is -2.30. The number of nitrogens with zero attached hydrogens (tertiary/aromatic N) is 2. The maximum absolute atomic E-state index is 5.83. The molecule has 5 rings (SSSR count). The molecule has 2 heterocycles. The molecule has 3 aliphatic rings. The Morgan fingerprint density at radius 3 is 2.29 bits per heavy atom. The molecular weight excluding hydrogens is 348 g/mol. The maximum Gasteiger partial charge on any atom is 0.142 e. The van der Waals surface area contributed by atoms with Gasteiger partial charge in [0.1, 0.15) is 25.0 Å². The van der Waals surface area contributed by atoms with Crippen molar-refractivity contribution in [1.82, 2.24) is 9.80 Å². The van der Waals surface area contributed by atoms with Crippen LogP contribution in [0.3, 0.4) is 0 Å². The molecule has 2 aromatic carbocycles. The lowest BCUT2D eigenvalue weighted by molar-refractivity contribution is 0.121. The first kappa shape index (κ1) is 17.8. The van der Waals surface area contributed by atoms with Crippen LogP contribution in [0.25, 0.3) is 5.57 Å². The van der Waals surface area contributed by atoms with E-state index in [2.05, 4.69) is 66.4 Å². The highest BCUT2D eigenvalue weighted by Crippen LogP contribution is 2.40. The minimum absolute atomic E-state index is 0.576. The molecule has 4 nitrogen and oxygen atoms in total. The summed E-state index contributed by atoms with van der Waals surface area (Å²) in [5.41, 5.74) is 6.88. The topological polar surface area (TPSA) is 24.9 Å². The van der Waals surface area contributed by atoms with Gasteiger partial charge in [-0.2, -0.15) is 0 Å². The number of fused-ring (bicyclic) bond motifs is 2. The second-order valence-electron chi connectivity index (χ2n) is 8.47. The van der Waals surface area contributed by atoms with Crippen molar-refractivity contribution in [2.45, 2.75) is 38.3 Å². The number of hydrogen-bond acceptors (Lipinski definition) is 4. The van der Waals surface area contributed by atoms with Gasteiger partial charge in [-0.25, -0.2) is 0 Å². The molecule has 1 unspecified atom stereocenters. The van der Waals surface area contributed by atoms with Gasteiger partial charge in [0.2, 0.25) is 0 Å². The van der Waals surface area contributed by atoms with Crippen molar-refractivity contribution in [3.63, 3.8) is 0 Å². The lowest BCUT2D eigenvalue weighted by Gasteiger charge is -2.29.